The SMILES string of the molecule is Cc1cc(-c2ccc(S(=O)(=O)N3CCC(c4ccccc4)C3)s2)on1. The molecule has 3 aromatic rings. The second-order valence-corrected chi connectivity index (χ2v) is 9.46. The van der Waals surface area contributed by atoms with Crippen LogP contribution in [0.25, 0.3) is 10.6 Å². The van der Waals surface area contributed by atoms with Crippen molar-refractivity contribution in [2.45, 2.75) is 23.5 Å². The number of hydrogen-bond acceptors (Lipinski definition) is 5. The van der Waals surface area contributed by atoms with Gasteiger partial charge in [-0.25, -0.2) is 8.42 Å². The molecule has 4 rings (SSSR count). The van der Waals surface area contributed by atoms with E-state index in [-0.39, 0.29) is 5.92 Å². The molecule has 1 fully saturated rings. The number of nitrogens with zero attached hydrogens (tertiary/aromatic N) is 2. The standard InChI is InChI=1S/C18H18N2O3S2/c1-13-11-16(23-19-13)17-7-8-18(24-17)25(21,22)20-10-9-15(12-20)14-5-3-2-4-6-14/h2-8,11,15H,9-10,12H2,1H3. The van der Waals surface area contributed by atoms with Crippen molar-refractivity contribution in [1.29, 1.82) is 0 Å². The first-order valence-corrected chi connectivity index (χ1v) is 10.4. The molecule has 0 radical (unpaired) electrons. The average Bonchev–Trinajstić information content (AvgIpc) is 3.35. The van der Waals surface area contributed by atoms with Crippen molar-refractivity contribution < 1.29 is 12.9 Å². The van der Waals surface area contributed by atoms with Gasteiger partial charge in [-0.1, -0.05) is 35.5 Å². The summed E-state index contributed by atoms with van der Waals surface area (Å²) in [5.41, 5.74) is 1.97. The Kier molecular flexibility index (Phi) is 4.23. The van der Waals surface area contributed by atoms with Gasteiger partial charge in [-0.05, 0) is 37.0 Å². The van der Waals surface area contributed by atoms with Crippen LogP contribution in [-0.4, -0.2) is 31.0 Å². The minimum absolute atomic E-state index is 0.257. The van der Waals surface area contributed by atoms with Crippen molar-refractivity contribution in [3.05, 3.63) is 59.8 Å². The van der Waals surface area contributed by atoms with E-state index in [0.717, 1.165) is 17.0 Å². The highest BCUT2D eigenvalue weighted by molar-refractivity contribution is 7.91. The lowest BCUT2D eigenvalue weighted by Crippen LogP contribution is -2.28. The molecule has 0 bridgehead atoms. The van der Waals surface area contributed by atoms with Crippen molar-refractivity contribution >= 4 is 21.4 Å². The van der Waals surface area contributed by atoms with Crippen molar-refractivity contribution in [2.24, 2.45) is 0 Å². The van der Waals surface area contributed by atoms with E-state index < -0.39 is 10.0 Å². The van der Waals surface area contributed by atoms with E-state index in [1.165, 1.54) is 16.9 Å². The number of benzene rings is 1. The topological polar surface area (TPSA) is 63.4 Å². The Morgan fingerprint density at radius 2 is 2.00 bits per heavy atom. The molecule has 1 atom stereocenters. The molecule has 25 heavy (non-hydrogen) atoms. The molecule has 1 aliphatic heterocycles. The van der Waals surface area contributed by atoms with Gasteiger partial charge in [-0.3, -0.25) is 0 Å². The average molecular weight is 374 g/mol. The Bertz CT molecular complexity index is 977. The van der Waals surface area contributed by atoms with Crippen LogP contribution in [0, 0.1) is 6.92 Å². The minimum atomic E-state index is -3.47. The second kappa shape index (κ2) is 6.40. The molecule has 7 heteroatoms. The molecule has 5 nitrogen and oxygen atoms in total. The molecule has 0 amide bonds. The summed E-state index contributed by atoms with van der Waals surface area (Å²) in [5.74, 6) is 0.861. The highest BCUT2D eigenvalue weighted by Crippen LogP contribution is 2.36. The molecule has 0 spiro atoms. The number of thiophene rings is 1. The van der Waals surface area contributed by atoms with Gasteiger partial charge in [-0.15, -0.1) is 11.3 Å². The quantitative estimate of drug-likeness (QED) is 0.695. The largest absolute Gasteiger partial charge is 0.355 e. The predicted molar refractivity (Wildman–Crippen MR) is 97.1 cm³/mol. The smallest absolute Gasteiger partial charge is 0.252 e. The normalized spacial score (nSPS) is 18.7. The third kappa shape index (κ3) is 3.15. The van der Waals surface area contributed by atoms with E-state index >= 15 is 0 Å². The van der Waals surface area contributed by atoms with Gasteiger partial charge < -0.3 is 4.52 Å². The summed E-state index contributed by atoms with van der Waals surface area (Å²) < 4.78 is 33.1. The molecule has 2 aromatic heterocycles. The fourth-order valence-corrected chi connectivity index (χ4v) is 6.05. The number of aryl methyl sites for hydroxylation is 1. The maximum absolute atomic E-state index is 13.0. The van der Waals surface area contributed by atoms with Crippen molar-refractivity contribution in [3.63, 3.8) is 0 Å². The first-order valence-electron chi connectivity index (χ1n) is 8.12. The fourth-order valence-electron chi connectivity index (χ4n) is 3.14. The molecule has 1 aliphatic rings. The van der Waals surface area contributed by atoms with E-state index in [4.69, 9.17) is 4.52 Å². The van der Waals surface area contributed by atoms with Crippen LogP contribution in [0.15, 0.2) is 57.3 Å². The van der Waals surface area contributed by atoms with Crippen molar-refractivity contribution in [3.8, 4) is 10.6 Å². The van der Waals surface area contributed by atoms with Crippen LogP contribution in [0.4, 0.5) is 0 Å². The molecule has 0 saturated carbocycles. The number of sulfonamides is 1. The maximum Gasteiger partial charge on any atom is 0.252 e. The summed E-state index contributed by atoms with van der Waals surface area (Å²) in [4.78, 5) is 0.776. The van der Waals surface area contributed by atoms with E-state index in [0.29, 0.717) is 23.1 Å². The second-order valence-electron chi connectivity index (χ2n) is 6.21. The summed E-state index contributed by atoms with van der Waals surface area (Å²) in [6, 6.07) is 15.3. The van der Waals surface area contributed by atoms with E-state index in [9.17, 15) is 8.42 Å². The zero-order valence-corrected chi connectivity index (χ0v) is 15.4. The summed E-state index contributed by atoms with van der Waals surface area (Å²) in [7, 11) is -3.47. The third-order valence-corrected chi connectivity index (χ3v) is 7.90. The monoisotopic (exact) mass is 374 g/mol. The van der Waals surface area contributed by atoms with Crippen LogP contribution in [-0.2, 0) is 10.0 Å². The van der Waals surface area contributed by atoms with Gasteiger partial charge in [-0.2, -0.15) is 4.31 Å². The molecule has 0 N–H and O–H groups in total. The minimum Gasteiger partial charge on any atom is -0.355 e. The lowest BCUT2D eigenvalue weighted by atomic mass is 9.99. The molecular weight excluding hydrogens is 356 g/mol. The van der Waals surface area contributed by atoms with Gasteiger partial charge in [0.05, 0.1) is 10.6 Å². The first kappa shape index (κ1) is 16.5. The van der Waals surface area contributed by atoms with E-state index in [2.05, 4.69) is 17.3 Å². The van der Waals surface area contributed by atoms with Gasteiger partial charge in [0.2, 0.25) is 0 Å². The van der Waals surface area contributed by atoms with Crippen molar-refractivity contribution in [1.82, 2.24) is 9.46 Å². The molecule has 0 aliphatic carbocycles. The van der Waals surface area contributed by atoms with Crippen LogP contribution >= 0.6 is 11.3 Å². The molecular formula is C18H18N2O3S2. The maximum atomic E-state index is 13.0. The van der Waals surface area contributed by atoms with Crippen LogP contribution in [0.1, 0.15) is 23.6 Å². The number of rotatable bonds is 4. The Balaban J connectivity index is 1.55. The van der Waals surface area contributed by atoms with Gasteiger partial charge >= 0.3 is 0 Å². The van der Waals surface area contributed by atoms with Gasteiger partial charge in [0.25, 0.3) is 10.0 Å². The summed E-state index contributed by atoms with van der Waals surface area (Å²) in [6.45, 7) is 2.92. The van der Waals surface area contributed by atoms with E-state index in [1.54, 1.807) is 16.4 Å². The third-order valence-electron chi connectivity index (χ3n) is 4.47. The highest BCUT2D eigenvalue weighted by Gasteiger charge is 2.34. The number of aromatic nitrogens is 1. The Morgan fingerprint density at radius 1 is 1.20 bits per heavy atom. The predicted octanol–water partition coefficient (Wildman–Crippen LogP) is 3.89. The van der Waals surface area contributed by atoms with Crippen LogP contribution in [0.3, 0.4) is 0 Å². The van der Waals surface area contributed by atoms with Gasteiger partial charge in [0.1, 0.15) is 4.21 Å². The molecule has 130 valence electrons. The zero-order valence-electron chi connectivity index (χ0n) is 13.8. The summed E-state index contributed by atoms with van der Waals surface area (Å²) in [5, 5.41) is 3.86. The Hall–Kier alpha value is -1.96. The molecule has 3 heterocycles. The van der Waals surface area contributed by atoms with Crippen molar-refractivity contribution in [2.75, 3.05) is 13.1 Å². The highest BCUT2D eigenvalue weighted by atomic mass is 32.2. The van der Waals surface area contributed by atoms with E-state index in [1.807, 2.05) is 31.2 Å². The fraction of sp³-hybridized carbons (Fsp3) is 0.278. The summed E-state index contributed by atoms with van der Waals surface area (Å²) in [6.07, 6.45) is 0.850. The zero-order chi connectivity index (χ0) is 17.4. The van der Waals surface area contributed by atoms with Crippen LogP contribution in [0.5, 0.6) is 0 Å². The lowest BCUT2D eigenvalue weighted by molar-refractivity contribution is 0.428. The van der Waals surface area contributed by atoms with Crippen LogP contribution < -0.4 is 0 Å². The van der Waals surface area contributed by atoms with Crippen LogP contribution in [0.2, 0.25) is 0 Å². The van der Waals surface area contributed by atoms with Gasteiger partial charge in [0, 0.05) is 19.2 Å². The lowest BCUT2D eigenvalue weighted by Gasteiger charge is -2.15. The number of hydrogen-bond donors (Lipinski definition) is 0. The summed E-state index contributed by atoms with van der Waals surface area (Å²) >= 11 is 1.23. The molecule has 1 unspecified atom stereocenters. The first-order chi connectivity index (χ1) is 12.0. The molecule has 1 aromatic carbocycles. The Labute approximate surface area is 150 Å². The van der Waals surface area contributed by atoms with Gasteiger partial charge in [0.15, 0.2) is 5.76 Å². The Morgan fingerprint density at radius 3 is 2.72 bits per heavy atom. The molecule has 1 saturated heterocycles.